The molecule has 3 aromatic carbocycles. The van der Waals surface area contributed by atoms with Crippen LogP contribution >= 0.6 is 0 Å². The van der Waals surface area contributed by atoms with Crippen LogP contribution < -0.4 is 15.4 Å². The summed E-state index contributed by atoms with van der Waals surface area (Å²) in [6, 6.07) is 22.9. The number of nitrogens with zero attached hydrogens (tertiary/aromatic N) is 2. The van der Waals surface area contributed by atoms with Gasteiger partial charge in [-0.15, -0.1) is 0 Å². The zero-order valence-electron chi connectivity index (χ0n) is 21.2. The lowest BCUT2D eigenvalue weighted by molar-refractivity contribution is -0.117. The molecule has 0 saturated carbocycles. The normalized spacial score (nSPS) is 11.9. The first kappa shape index (κ1) is 26.6. The van der Waals surface area contributed by atoms with Crippen molar-refractivity contribution in [2.24, 2.45) is 0 Å². The molecule has 0 radical (unpaired) electrons. The fourth-order valence-corrected chi connectivity index (χ4v) is 4.87. The number of aromatic nitrogens is 1. The van der Waals surface area contributed by atoms with Crippen LogP contribution in [0.15, 0.2) is 90.8 Å². The molecule has 0 aliphatic rings. The van der Waals surface area contributed by atoms with Crippen LogP contribution in [0, 0.1) is 0 Å². The van der Waals surface area contributed by atoms with Crippen LogP contribution in [0.2, 0.25) is 0 Å². The Hall–Kier alpha value is -4.41. The molecule has 0 atom stereocenters. The molecule has 0 aliphatic heterocycles. The van der Waals surface area contributed by atoms with Gasteiger partial charge in [0.25, 0.3) is 11.8 Å². The molecule has 0 bridgehead atoms. The van der Waals surface area contributed by atoms with Gasteiger partial charge < -0.3 is 15.4 Å². The lowest BCUT2D eigenvalue weighted by Crippen LogP contribution is -2.34. The van der Waals surface area contributed by atoms with Crippen molar-refractivity contribution in [1.29, 1.82) is 0 Å². The Labute approximate surface area is 221 Å². The minimum Gasteiger partial charge on any atom is -0.496 e. The second kappa shape index (κ2) is 11.3. The van der Waals surface area contributed by atoms with E-state index in [-0.39, 0.29) is 17.8 Å². The summed E-state index contributed by atoms with van der Waals surface area (Å²) in [6.07, 6.45) is 2.90. The predicted molar refractivity (Wildman–Crippen MR) is 147 cm³/mol. The number of methoxy groups -OCH3 is 1. The maximum Gasteiger partial charge on any atom is 0.307 e. The predicted octanol–water partition coefficient (Wildman–Crippen LogP) is 3.39. The van der Waals surface area contributed by atoms with E-state index in [0.717, 1.165) is 13.8 Å². The third-order valence-electron chi connectivity index (χ3n) is 5.86. The van der Waals surface area contributed by atoms with Crippen molar-refractivity contribution in [2.75, 3.05) is 21.2 Å². The van der Waals surface area contributed by atoms with Crippen molar-refractivity contribution in [2.45, 2.75) is 6.54 Å². The Morgan fingerprint density at radius 2 is 1.61 bits per heavy atom. The molecular formula is C28H28N4O5S. The first-order chi connectivity index (χ1) is 18.2. The van der Waals surface area contributed by atoms with Crippen molar-refractivity contribution in [1.82, 2.24) is 18.9 Å². The highest BCUT2D eigenvalue weighted by Gasteiger charge is 2.22. The monoisotopic (exact) mass is 532 g/mol. The standard InChI is InChI=1S/C28H28N4O5S/c1-31(2)38(35,36)32-19-21(22-13-7-9-15-25(22)32)17-24(28(34)29-18-20-11-5-4-6-12-20)30-27(33)23-14-8-10-16-26(23)37-3/h4-17,19H,18H2,1-3H3,(H,29,34)(H,30,33). The summed E-state index contributed by atoms with van der Waals surface area (Å²) in [6.45, 7) is 0.234. The van der Waals surface area contributed by atoms with Crippen molar-refractivity contribution < 1.29 is 22.7 Å². The largest absolute Gasteiger partial charge is 0.496 e. The number of para-hydroxylation sites is 2. The Balaban J connectivity index is 1.77. The molecule has 0 saturated heterocycles. The Morgan fingerprint density at radius 3 is 2.32 bits per heavy atom. The highest BCUT2D eigenvalue weighted by molar-refractivity contribution is 7.87. The molecule has 4 aromatic rings. The fraction of sp³-hybridized carbons (Fsp3) is 0.143. The van der Waals surface area contributed by atoms with Crippen LogP contribution in [0.25, 0.3) is 17.0 Å². The van der Waals surface area contributed by atoms with Gasteiger partial charge in [-0.3, -0.25) is 9.59 Å². The topological polar surface area (TPSA) is 110 Å². The third-order valence-corrected chi connectivity index (χ3v) is 7.58. The number of rotatable bonds is 9. The van der Waals surface area contributed by atoms with Gasteiger partial charge in [-0.25, -0.2) is 3.97 Å². The second-order valence-corrected chi connectivity index (χ2v) is 10.6. The molecule has 0 spiro atoms. The summed E-state index contributed by atoms with van der Waals surface area (Å²) in [5.41, 5.74) is 1.95. The average molecular weight is 533 g/mol. The van der Waals surface area contributed by atoms with Gasteiger partial charge in [0.2, 0.25) is 0 Å². The molecule has 1 aromatic heterocycles. The van der Waals surface area contributed by atoms with Gasteiger partial charge in [0.1, 0.15) is 11.4 Å². The molecule has 196 valence electrons. The average Bonchev–Trinajstić information content (AvgIpc) is 3.30. The number of hydrogen-bond acceptors (Lipinski definition) is 5. The maximum atomic E-state index is 13.3. The number of benzene rings is 3. The zero-order chi connectivity index (χ0) is 27.3. The van der Waals surface area contributed by atoms with E-state index in [1.54, 1.807) is 48.5 Å². The van der Waals surface area contributed by atoms with Gasteiger partial charge in [-0.2, -0.15) is 12.7 Å². The van der Waals surface area contributed by atoms with Gasteiger partial charge in [-0.1, -0.05) is 60.7 Å². The minimum atomic E-state index is -3.84. The van der Waals surface area contributed by atoms with E-state index in [9.17, 15) is 18.0 Å². The molecule has 4 rings (SSSR count). The molecule has 10 heteroatoms. The van der Waals surface area contributed by atoms with E-state index in [1.807, 2.05) is 30.3 Å². The van der Waals surface area contributed by atoms with E-state index in [2.05, 4.69) is 10.6 Å². The van der Waals surface area contributed by atoms with Crippen molar-refractivity contribution in [3.8, 4) is 5.75 Å². The highest BCUT2D eigenvalue weighted by Crippen LogP contribution is 2.26. The number of hydrogen-bond donors (Lipinski definition) is 2. The highest BCUT2D eigenvalue weighted by atomic mass is 32.2. The molecule has 0 aliphatic carbocycles. The number of ether oxygens (including phenoxy) is 1. The first-order valence-corrected chi connectivity index (χ1v) is 13.1. The molecule has 0 fully saturated rings. The van der Waals surface area contributed by atoms with Gasteiger partial charge in [0, 0.05) is 37.8 Å². The smallest absolute Gasteiger partial charge is 0.307 e. The van der Waals surface area contributed by atoms with Crippen LogP contribution in [-0.2, 0) is 21.5 Å². The number of nitrogens with one attached hydrogen (secondary N) is 2. The van der Waals surface area contributed by atoms with Crippen molar-refractivity contribution in [3.05, 3.63) is 107 Å². The summed E-state index contributed by atoms with van der Waals surface area (Å²) < 4.78 is 33.5. The number of amides is 2. The van der Waals surface area contributed by atoms with E-state index in [4.69, 9.17) is 4.74 Å². The van der Waals surface area contributed by atoms with Crippen LogP contribution in [0.1, 0.15) is 21.5 Å². The molecule has 9 nitrogen and oxygen atoms in total. The molecule has 2 amide bonds. The SMILES string of the molecule is COc1ccccc1C(=O)NC(=Cc1cn(S(=O)(=O)N(C)C)c2ccccc12)C(=O)NCc1ccccc1. The molecule has 1 heterocycles. The van der Waals surface area contributed by atoms with E-state index in [1.165, 1.54) is 33.5 Å². The van der Waals surface area contributed by atoms with E-state index in [0.29, 0.717) is 22.2 Å². The summed E-state index contributed by atoms with van der Waals surface area (Å²) in [4.78, 5) is 26.5. The molecular weight excluding hydrogens is 504 g/mol. The van der Waals surface area contributed by atoms with Crippen LogP contribution in [0.5, 0.6) is 5.75 Å². The first-order valence-electron chi connectivity index (χ1n) is 11.7. The number of carbonyl (C=O) groups is 2. The molecule has 0 unspecified atom stereocenters. The zero-order valence-corrected chi connectivity index (χ0v) is 22.0. The van der Waals surface area contributed by atoms with Crippen molar-refractivity contribution in [3.63, 3.8) is 0 Å². The van der Waals surface area contributed by atoms with Crippen LogP contribution in [-0.4, -0.2) is 49.7 Å². The van der Waals surface area contributed by atoms with E-state index >= 15 is 0 Å². The Bertz CT molecular complexity index is 1610. The van der Waals surface area contributed by atoms with E-state index < -0.39 is 22.0 Å². The maximum absolute atomic E-state index is 13.3. The van der Waals surface area contributed by atoms with Crippen molar-refractivity contribution >= 4 is 39.0 Å². The number of carbonyl (C=O) groups excluding carboxylic acids is 2. The summed E-state index contributed by atoms with van der Waals surface area (Å²) in [5, 5.41) is 6.11. The third kappa shape index (κ3) is 5.61. The second-order valence-electron chi connectivity index (χ2n) is 8.57. The Morgan fingerprint density at radius 1 is 0.947 bits per heavy atom. The van der Waals surface area contributed by atoms with Crippen LogP contribution in [0.4, 0.5) is 0 Å². The summed E-state index contributed by atoms with van der Waals surface area (Å²) >= 11 is 0. The summed E-state index contributed by atoms with van der Waals surface area (Å²) in [7, 11) is 0.490. The minimum absolute atomic E-state index is 0.0537. The van der Waals surface area contributed by atoms with Gasteiger partial charge in [-0.05, 0) is 29.8 Å². The van der Waals surface area contributed by atoms with Gasteiger partial charge in [0.15, 0.2) is 0 Å². The van der Waals surface area contributed by atoms with Gasteiger partial charge in [0.05, 0.1) is 18.2 Å². The number of fused-ring (bicyclic) bond motifs is 1. The molecule has 2 N–H and O–H groups in total. The van der Waals surface area contributed by atoms with Crippen LogP contribution in [0.3, 0.4) is 0 Å². The Kier molecular flexibility index (Phi) is 7.94. The fourth-order valence-electron chi connectivity index (χ4n) is 3.87. The quantitative estimate of drug-likeness (QED) is 0.321. The van der Waals surface area contributed by atoms with Gasteiger partial charge >= 0.3 is 10.2 Å². The molecule has 38 heavy (non-hydrogen) atoms. The lowest BCUT2D eigenvalue weighted by Gasteiger charge is -2.13. The lowest BCUT2D eigenvalue weighted by atomic mass is 10.1. The summed E-state index contributed by atoms with van der Waals surface area (Å²) in [5.74, 6) is -0.736.